The summed E-state index contributed by atoms with van der Waals surface area (Å²) in [7, 11) is 1.57. The molecule has 3 aliphatic rings. The first-order chi connectivity index (χ1) is 15.7. The van der Waals surface area contributed by atoms with Gasteiger partial charge in [0.15, 0.2) is 0 Å². The van der Waals surface area contributed by atoms with E-state index in [0.717, 1.165) is 59.7 Å². The third kappa shape index (κ3) is 4.20. The molecule has 32 heavy (non-hydrogen) atoms. The van der Waals surface area contributed by atoms with Crippen LogP contribution in [-0.2, 0) is 25.7 Å². The molecule has 5 rings (SSSR count). The van der Waals surface area contributed by atoms with Gasteiger partial charge in [-0.05, 0) is 49.4 Å². The Bertz CT molecular complexity index is 1010. The zero-order valence-corrected chi connectivity index (χ0v) is 18.3. The molecule has 2 fully saturated rings. The lowest BCUT2D eigenvalue weighted by Gasteiger charge is -2.31. The van der Waals surface area contributed by atoms with E-state index in [4.69, 9.17) is 14.3 Å². The monoisotopic (exact) mass is 436 g/mol. The van der Waals surface area contributed by atoms with E-state index in [1.54, 1.807) is 13.3 Å². The predicted molar refractivity (Wildman–Crippen MR) is 121 cm³/mol. The van der Waals surface area contributed by atoms with Gasteiger partial charge in [-0.25, -0.2) is 4.98 Å². The van der Waals surface area contributed by atoms with E-state index in [1.165, 1.54) is 0 Å². The van der Waals surface area contributed by atoms with Crippen LogP contribution >= 0.6 is 0 Å². The Labute approximate surface area is 187 Å². The van der Waals surface area contributed by atoms with Crippen LogP contribution in [0, 0.1) is 5.92 Å². The molecule has 1 unspecified atom stereocenters. The van der Waals surface area contributed by atoms with Gasteiger partial charge in [0.05, 0.1) is 43.5 Å². The Balaban J connectivity index is 1.48. The minimum Gasteiger partial charge on any atom is -0.399 e. The van der Waals surface area contributed by atoms with Crippen molar-refractivity contribution < 1.29 is 19.1 Å². The zero-order valence-electron chi connectivity index (χ0n) is 18.3. The molecule has 2 aromatic rings. The molecular formula is C24H28N4O4. The highest BCUT2D eigenvalue weighted by Crippen LogP contribution is 2.39. The quantitative estimate of drug-likeness (QED) is 0.734. The summed E-state index contributed by atoms with van der Waals surface area (Å²) >= 11 is 0. The van der Waals surface area contributed by atoms with Gasteiger partial charge in [0.2, 0.25) is 5.91 Å². The van der Waals surface area contributed by atoms with E-state index in [1.807, 2.05) is 29.2 Å². The largest absolute Gasteiger partial charge is 0.399 e. The van der Waals surface area contributed by atoms with E-state index in [-0.39, 0.29) is 17.9 Å². The van der Waals surface area contributed by atoms with Crippen molar-refractivity contribution in [2.45, 2.75) is 38.3 Å². The number of pyridine rings is 1. The molecule has 1 saturated heterocycles. The van der Waals surface area contributed by atoms with Gasteiger partial charge in [0.1, 0.15) is 19.0 Å². The summed E-state index contributed by atoms with van der Waals surface area (Å²) in [5.41, 5.74) is 4.76. The van der Waals surface area contributed by atoms with Gasteiger partial charge in [-0.3, -0.25) is 4.79 Å². The summed E-state index contributed by atoms with van der Waals surface area (Å²) in [6.45, 7) is 2.19. The third-order valence-electron chi connectivity index (χ3n) is 6.37. The van der Waals surface area contributed by atoms with Gasteiger partial charge < -0.3 is 24.5 Å². The zero-order chi connectivity index (χ0) is 21.9. The second-order valence-electron chi connectivity index (χ2n) is 8.39. The molecule has 1 N–H and O–H groups in total. The minimum absolute atomic E-state index is 0.0465. The van der Waals surface area contributed by atoms with E-state index < -0.39 is 0 Å². The number of carbonyl (C=O) groups is 1. The number of oxime groups is 1. The van der Waals surface area contributed by atoms with Gasteiger partial charge in [-0.15, -0.1) is 0 Å². The Morgan fingerprint density at radius 2 is 2.12 bits per heavy atom. The molecule has 8 heteroatoms. The van der Waals surface area contributed by atoms with Gasteiger partial charge in [-0.2, -0.15) is 0 Å². The smallest absolute Gasteiger partial charge is 0.230 e. The predicted octanol–water partition coefficient (Wildman–Crippen LogP) is 3.95. The molecule has 0 spiro atoms. The number of nitrogens with zero attached hydrogens (tertiary/aromatic N) is 3. The van der Waals surface area contributed by atoms with Crippen LogP contribution in [0.4, 0.5) is 17.2 Å². The summed E-state index contributed by atoms with van der Waals surface area (Å²) in [5.74, 6) is 0.876. The SMILES string of the molecule is CON=C1CCC(C(=O)N2Cc3cccnc3Nc3ccc(C4COCCO4)cc32)CC1. The van der Waals surface area contributed by atoms with Gasteiger partial charge in [-0.1, -0.05) is 17.3 Å². The number of fused-ring (bicyclic) bond motifs is 2. The Morgan fingerprint density at radius 1 is 1.25 bits per heavy atom. The van der Waals surface area contributed by atoms with Crippen molar-refractivity contribution in [3.05, 3.63) is 47.7 Å². The number of carbonyl (C=O) groups excluding carboxylic acids is 1. The normalized spacial score (nSPS) is 22.8. The number of hydrogen-bond donors (Lipinski definition) is 1. The topological polar surface area (TPSA) is 85.3 Å². The highest BCUT2D eigenvalue weighted by molar-refractivity contribution is 6.00. The summed E-state index contributed by atoms with van der Waals surface area (Å²) < 4.78 is 11.5. The van der Waals surface area contributed by atoms with Gasteiger partial charge >= 0.3 is 0 Å². The minimum atomic E-state index is -0.128. The molecule has 1 amide bonds. The van der Waals surface area contributed by atoms with E-state index in [0.29, 0.717) is 26.4 Å². The average Bonchev–Trinajstić information content (AvgIpc) is 3.01. The lowest BCUT2D eigenvalue weighted by molar-refractivity contribution is -0.123. The molecule has 1 atom stereocenters. The third-order valence-corrected chi connectivity index (χ3v) is 6.37. The van der Waals surface area contributed by atoms with Crippen LogP contribution in [0.1, 0.15) is 42.9 Å². The molecule has 8 nitrogen and oxygen atoms in total. The van der Waals surface area contributed by atoms with Crippen LogP contribution < -0.4 is 10.2 Å². The van der Waals surface area contributed by atoms with Crippen LogP contribution in [0.25, 0.3) is 0 Å². The first-order valence-corrected chi connectivity index (χ1v) is 11.2. The lowest BCUT2D eigenvalue weighted by atomic mass is 9.86. The maximum absolute atomic E-state index is 13.8. The van der Waals surface area contributed by atoms with Crippen molar-refractivity contribution in [2.75, 3.05) is 37.1 Å². The van der Waals surface area contributed by atoms with Crippen molar-refractivity contribution >= 4 is 28.8 Å². The maximum atomic E-state index is 13.8. The molecule has 0 radical (unpaired) electrons. The van der Waals surface area contributed by atoms with Crippen LogP contribution in [-0.4, -0.2) is 43.5 Å². The second kappa shape index (κ2) is 9.26. The number of rotatable bonds is 3. The first-order valence-electron chi connectivity index (χ1n) is 11.2. The van der Waals surface area contributed by atoms with Crippen molar-refractivity contribution in [1.82, 2.24) is 4.98 Å². The lowest BCUT2D eigenvalue weighted by Crippen LogP contribution is -2.37. The highest BCUT2D eigenvalue weighted by atomic mass is 16.6. The molecule has 1 aromatic heterocycles. The highest BCUT2D eigenvalue weighted by Gasteiger charge is 2.32. The fraction of sp³-hybridized carbons (Fsp3) is 0.458. The summed E-state index contributed by atoms with van der Waals surface area (Å²) in [6.07, 6.45) is 4.77. The molecule has 168 valence electrons. The molecule has 2 aliphatic heterocycles. The maximum Gasteiger partial charge on any atom is 0.230 e. The van der Waals surface area contributed by atoms with Gasteiger partial charge in [0.25, 0.3) is 0 Å². The van der Waals surface area contributed by atoms with Crippen LogP contribution in [0.15, 0.2) is 41.7 Å². The Hall–Kier alpha value is -2.97. The average molecular weight is 437 g/mol. The summed E-state index contributed by atoms with van der Waals surface area (Å²) in [6, 6.07) is 10.0. The summed E-state index contributed by atoms with van der Waals surface area (Å²) in [4.78, 5) is 25.1. The first kappa shape index (κ1) is 20.9. The molecular weight excluding hydrogens is 408 g/mol. The molecule has 1 aromatic carbocycles. The molecule has 0 bridgehead atoms. The number of ether oxygens (including phenoxy) is 2. The number of amides is 1. The number of anilines is 3. The van der Waals surface area contributed by atoms with Crippen molar-refractivity contribution in [2.24, 2.45) is 11.1 Å². The number of benzene rings is 1. The molecule has 1 saturated carbocycles. The summed E-state index contributed by atoms with van der Waals surface area (Å²) in [5, 5.41) is 7.51. The van der Waals surface area contributed by atoms with Crippen LogP contribution in [0.2, 0.25) is 0 Å². The van der Waals surface area contributed by atoms with Crippen molar-refractivity contribution in [1.29, 1.82) is 0 Å². The van der Waals surface area contributed by atoms with Crippen LogP contribution in [0.3, 0.4) is 0 Å². The number of aromatic nitrogens is 1. The molecule has 3 heterocycles. The fourth-order valence-corrected chi connectivity index (χ4v) is 4.66. The van der Waals surface area contributed by atoms with E-state index in [9.17, 15) is 4.79 Å². The van der Waals surface area contributed by atoms with Gasteiger partial charge in [0, 0.05) is 17.7 Å². The molecule has 1 aliphatic carbocycles. The second-order valence-corrected chi connectivity index (χ2v) is 8.39. The Morgan fingerprint density at radius 3 is 2.91 bits per heavy atom. The number of hydrogen-bond acceptors (Lipinski definition) is 7. The standard InChI is InChI=1S/C24H28N4O4/c1-30-27-19-7-4-16(5-8-19)24(29)28-14-18-3-2-10-25-23(18)26-20-9-6-17(13-21(20)28)22-15-31-11-12-32-22/h2-3,6,9-10,13,16,22H,4-5,7-8,11-12,14-15H2,1H3,(H,25,26). The van der Waals surface area contributed by atoms with Crippen molar-refractivity contribution in [3.8, 4) is 0 Å². The van der Waals surface area contributed by atoms with Crippen LogP contribution in [0.5, 0.6) is 0 Å². The van der Waals surface area contributed by atoms with E-state index in [2.05, 4.69) is 21.5 Å². The fourth-order valence-electron chi connectivity index (χ4n) is 4.66. The number of nitrogens with one attached hydrogen (secondary N) is 1. The van der Waals surface area contributed by atoms with E-state index >= 15 is 0 Å². The van der Waals surface area contributed by atoms with Crippen molar-refractivity contribution in [3.63, 3.8) is 0 Å². The Kier molecular flexibility index (Phi) is 6.05.